The third kappa shape index (κ3) is 14.4. The van der Waals surface area contributed by atoms with Crippen LogP contribution in [0, 0.1) is 47.8 Å². The standard InChI is InChI=1S/C56H64N24.C7H8/c1-16-33(2)50(76-35(4)42(45(73-76)54(6,7)8)68-67-34(3)37(27-57)30-62-15)66-53(80-49(61)44(47(75-80)56(12,13)14)70-72-52-39(29-59)32-64-79(52)41-25-21-18-22-26-41)65-36(5)77-48(60)43(46(74-77)55(9,10)11)69-71-51-38(28-58)31-63-78(51)40-23-19-17-20-24-40;1-7-5-3-2-4-6-7/h17-26,30-32H,16,60-61H2,1-15H3;2-6H,1H3/b37-34+,50-33?,62-30?,65-36+,66-53+,68-67?,71-69?,72-70?;. The predicted octanol–water partition coefficient (Wildman–Crippen LogP) is 14.6. The summed E-state index contributed by atoms with van der Waals surface area (Å²) >= 11 is 0. The second-order valence-electron chi connectivity index (χ2n) is 23.2. The van der Waals surface area contributed by atoms with Crippen molar-refractivity contribution in [1.82, 2.24) is 48.9 Å². The molecule has 444 valence electrons. The Morgan fingerprint density at radius 1 is 0.575 bits per heavy atom. The fourth-order valence-electron chi connectivity index (χ4n) is 8.46. The SMILES string of the molecule is CCC(C)=C(/N=C(\N=C(/C)n1nc(C(C)(C)C)c(N=Nc2c(C#N)cnn2-c2ccccc2)c1N)n1nc(C(C)(C)C)c(N=Nc2c(C#N)cnn2-c2ccccc2)c1N)n1nc(C(C)(C)C)c(N=N/C(C)=C(\C#N)C=NC)c1C.Cc1ccccc1. The molecule has 24 nitrogen and oxygen atoms in total. The highest BCUT2D eigenvalue weighted by Crippen LogP contribution is 2.41. The van der Waals surface area contributed by atoms with Gasteiger partial charge in [0.2, 0.25) is 0 Å². The Morgan fingerprint density at radius 2 is 1.01 bits per heavy atom. The van der Waals surface area contributed by atoms with E-state index in [-0.39, 0.29) is 63.1 Å². The van der Waals surface area contributed by atoms with Gasteiger partial charge in [0, 0.05) is 29.5 Å². The number of benzene rings is 3. The zero-order valence-corrected chi connectivity index (χ0v) is 52.1. The summed E-state index contributed by atoms with van der Waals surface area (Å²) in [6.07, 6.45) is 4.80. The van der Waals surface area contributed by atoms with E-state index < -0.39 is 16.2 Å². The summed E-state index contributed by atoms with van der Waals surface area (Å²) in [5.41, 5.74) is 19.8. The second kappa shape index (κ2) is 26.8. The first-order valence-electron chi connectivity index (χ1n) is 27.9. The number of nitrogen functional groups attached to an aromatic ring is 2. The molecule has 0 spiro atoms. The Labute approximate surface area is 506 Å². The molecule has 4 N–H and O–H groups in total. The van der Waals surface area contributed by atoms with Crippen LogP contribution in [0.25, 0.3) is 17.2 Å². The molecule has 0 amide bonds. The summed E-state index contributed by atoms with van der Waals surface area (Å²) < 4.78 is 7.53. The lowest BCUT2D eigenvalue weighted by atomic mass is 9.91. The summed E-state index contributed by atoms with van der Waals surface area (Å²) in [6, 6.07) is 35.2. The fraction of sp³-hybridized carbons (Fsp3) is 0.317. The molecule has 0 aliphatic rings. The van der Waals surface area contributed by atoms with Crippen molar-refractivity contribution < 1.29 is 0 Å². The molecule has 0 fully saturated rings. The maximum absolute atomic E-state index is 10.2. The minimum atomic E-state index is -0.705. The van der Waals surface area contributed by atoms with Crippen molar-refractivity contribution in [3.8, 4) is 29.6 Å². The molecule has 8 aromatic rings. The number of allylic oxidation sites excluding steroid dienone is 3. The zero-order valence-electron chi connectivity index (χ0n) is 52.1. The number of hydrogen-bond acceptors (Lipinski definition) is 18. The van der Waals surface area contributed by atoms with Crippen molar-refractivity contribution in [3.63, 3.8) is 0 Å². The number of para-hydroxylation sites is 2. The molecule has 0 unspecified atom stereocenters. The van der Waals surface area contributed by atoms with Crippen LogP contribution in [0.5, 0.6) is 0 Å². The average molecular weight is 1170 g/mol. The van der Waals surface area contributed by atoms with Crippen LogP contribution < -0.4 is 11.5 Å². The maximum atomic E-state index is 10.2. The summed E-state index contributed by atoms with van der Waals surface area (Å²) in [7, 11) is 1.58. The maximum Gasteiger partial charge on any atom is 0.256 e. The van der Waals surface area contributed by atoms with Crippen molar-refractivity contribution >= 4 is 64.2 Å². The van der Waals surface area contributed by atoms with Crippen LogP contribution in [-0.4, -0.2) is 74.0 Å². The van der Waals surface area contributed by atoms with E-state index in [0.29, 0.717) is 57.8 Å². The molecular formula is C63H72N24. The van der Waals surface area contributed by atoms with Crippen LogP contribution in [0.3, 0.4) is 0 Å². The van der Waals surface area contributed by atoms with E-state index >= 15 is 0 Å². The van der Waals surface area contributed by atoms with Gasteiger partial charge in [-0.3, -0.25) is 4.99 Å². The van der Waals surface area contributed by atoms with Gasteiger partial charge in [-0.1, -0.05) is 142 Å². The second-order valence-corrected chi connectivity index (χ2v) is 23.2. The van der Waals surface area contributed by atoms with E-state index in [1.807, 2.05) is 162 Å². The summed E-state index contributed by atoms with van der Waals surface area (Å²) in [5, 5.41) is 82.0. The molecule has 3 aromatic carbocycles. The van der Waals surface area contributed by atoms with Gasteiger partial charge in [-0.05, 0) is 70.9 Å². The van der Waals surface area contributed by atoms with Gasteiger partial charge in [-0.15, -0.1) is 25.6 Å². The highest BCUT2D eigenvalue weighted by molar-refractivity contribution is 6.01. The number of nitrogens with zero attached hydrogens (tertiary/aromatic N) is 22. The quantitative estimate of drug-likeness (QED) is 0.0504. The number of rotatable bonds is 12. The minimum Gasteiger partial charge on any atom is -0.382 e. The van der Waals surface area contributed by atoms with Gasteiger partial charge in [-0.25, -0.2) is 18.7 Å². The molecule has 0 aliphatic carbocycles. The normalized spacial score (nSPS) is 13.3. The Hall–Kier alpha value is -10.9. The minimum absolute atomic E-state index is 0.00151. The molecule has 0 aliphatic heterocycles. The molecule has 24 heteroatoms. The van der Waals surface area contributed by atoms with Crippen LogP contribution in [-0.2, 0) is 16.2 Å². The Morgan fingerprint density at radius 3 is 1.43 bits per heavy atom. The number of aryl methyl sites for hydroxylation is 1. The van der Waals surface area contributed by atoms with Gasteiger partial charge >= 0.3 is 0 Å². The van der Waals surface area contributed by atoms with Gasteiger partial charge in [0.25, 0.3) is 5.96 Å². The number of aliphatic imine (C=N–C) groups is 3. The number of anilines is 2. The monoisotopic (exact) mass is 1160 g/mol. The first-order chi connectivity index (χ1) is 41.3. The molecule has 0 saturated heterocycles. The van der Waals surface area contributed by atoms with E-state index in [1.54, 1.807) is 25.6 Å². The van der Waals surface area contributed by atoms with E-state index in [9.17, 15) is 15.8 Å². The van der Waals surface area contributed by atoms with Crippen molar-refractivity contribution in [2.75, 3.05) is 18.5 Å². The number of hydrogen-bond donors (Lipinski definition) is 2. The van der Waals surface area contributed by atoms with E-state index in [0.717, 1.165) is 5.57 Å². The number of azo groups is 3. The van der Waals surface area contributed by atoms with Crippen molar-refractivity contribution in [3.05, 3.63) is 160 Å². The van der Waals surface area contributed by atoms with Gasteiger partial charge < -0.3 is 11.5 Å². The largest absolute Gasteiger partial charge is 0.382 e. The topological polar surface area (TPSA) is 324 Å². The first kappa shape index (κ1) is 63.6. The third-order valence-electron chi connectivity index (χ3n) is 13.3. The van der Waals surface area contributed by atoms with E-state index in [2.05, 4.69) is 72.9 Å². The number of aromatic nitrogens is 10. The van der Waals surface area contributed by atoms with Crippen LogP contribution in [0.4, 0.5) is 40.3 Å². The fourth-order valence-corrected chi connectivity index (χ4v) is 8.46. The molecule has 5 heterocycles. The van der Waals surface area contributed by atoms with Crippen LogP contribution in [0.1, 0.15) is 136 Å². The lowest BCUT2D eigenvalue weighted by Crippen LogP contribution is -2.22. The molecule has 0 saturated carbocycles. The van der Waals surface area contributed by atoms with Crippen LogP contribution in [0.15, 0.2) is 166 Å². The van der Waals surface area contributed by atoms with E-state index in [4.69, 9.17) is 47.0 Å². The lowest BCUT2D eigenvalue weighted by molar-refractivity contribution is 0.560. The van der Waals surface area contributed by atoms with Gasteiger partial charge in [0.05, 0.1) is 57.8 Å². The molecule has 87 heavy (non-hydrogen) atoms. The Kier molecular flexibility index (Phi) is 19.6. The van der Waals surface area contributed by atoms with Gasteiger partial charge in [0.1, 0.15) is 40.9 Å². The lowest BCUT2D eigenvalue weighted by Gasteiger charge is -2.16. The predicted molar refractivity (Wildman–Crippen MR) is 340 cm³/mol. The molecule has 0 radical (unpaired) electrons. The highest BCUT2D eigenvalue weighted by atomic mass is 15.5. The summed E-state index contributed by atoms with van der Waals surface area (Å²) in [4.78, 5) is 14.5. The summed E-state index contributed by atoms with van der Waals surface area (Å²) in [5.74, 6) is 0.950. The molecule has 0 atom stereocenters. The Balaban J connectivity index is 0.00000144. The highest BCUT2D eigenvalue weighted by Gasteiger charge is 2.32. The number of nitrogens with two attached hydrogens (primary N) is 2. The van der Waals surface area contributed by atoms with Gasteiger partial charge in [0.15, 0.2) is 40.5 Å². The van der Waals surface area contributed by atoms with Gasteiger partial charge in [-0.2, -0.15) is 61.1 Å². The van der Waals surface area contributed by atoms with Crippen molar-refractivity contribution in [2.24, 2.45) is 45.7 Å². The Bertz CT molecular complexity index is 4180. The third-order valence-corrected chi connectivity index (χ3v) is 13.3. The molecule has 0 bridgehead atoms. The molecular weight excluding hydrogens is 1090 g/mol. The zero-order chi connectivity index (χ0) is 63.5. The van der Waals surface area contributed by atoms with E-state index in [1.165, 1.54) is 42.9 Å². The summed E-state index contributed by atoms with van der Waals surface area (Å²) in [6.45, 7) is 29.0. The van der Waals surface area contributed by atoms with Crippen molar-refractivity contribution in [1.29, 1.82) is 15.8 Å². The van der Waals surface area contributed by atoms with Crippen LogP contribution in [0.2, 0.25) is 0 Å². The molecule has 8 rings (SSSR count). The van der Waals surface area contributed by atoms with Crippen molar-refractivity contribution in [2.45, 2.75) is 127 Å². The van der Waals surface area contributed by atoms with Crippen LogP contribution >= 0.6 is 0 Å². The smallest absolute Gasteiger partial charge is 0.256 e. The first-order valence-corrected chi connectivity index (χ1v) is 27.9. The average Bonchev–Trinajstić information content (AvgIpc) is 1.82. The molecule has 5 aromatic heterocycles. The number of nitriles is 3.